The van der Waals surface area contributed by atoms with E-state index in [2.05, 4.69) is 115 Å². The minimum atomic E-state index is -1.16. The number of methoxy groups -OCH3 is 2. The van der Waals surface area contributed by atoms with Gasteiger partial charge < -0.3 is 60.2 Å². The molecule has 740 valence electrons. The van der Waals surface area contributed by atoms with Crippen molar-refractivity contribution >= 4 is 66.4 Å². The molecule has 0 spiro atoms. The predicted octanol–water partition coefficient (Wildman–Crippen LogP) is 22.0. The van der Waals surface area contributed by atoms with Crippen LogP contribution in [-0.4, -0.2) is 187 Å². The van der Waals surface area contributed by atoms with Crippen LogP contribution in [0.15, 0.2) is 97.1 Å². The number of piperazine rings is 2. The number of hydrogen-bond donors (Lipinski definition) is 6. The molecule has 2 heterocycles. The highest BCUT2D eigenvalue weighted by atomic mass is 16.7. The summed E-state index contributed by atoms with van der Waals surface area (Å²) in [7, 11) is 6.05. The largest absolute Gasteiger partial charge is 0.481 e. The maximum atomic E-state index is 13.6. The normalized spacial score (nSPS) is 15.9. The van der Waals surface area contributed by atoms with E-state index in [0.29, 0.717) is 31.6 Å². The summed E-state index contributed by atoms with van der Waals surface area (Å²) in [6.45, 7) is 36.8. The monoisotopic (exact) mass is 1830 g/mol. The summed E-state index contributed by atoms with van der Waals surface area (Å²) < 4.78 is 21.7. The van der Waals surface area contributed by atoms with Gasteiger partial charge in [0, 0.05) is 43.2 Å². The van der Waals surface area contributed by atoms with Crippen LogP contribution < -0.4 is 16.4 Å². The van der Waals surface area contributed by atoms with E-state index in [1.165, 1.54) is 48.8 Å². The summed E-state index contributed by atoms with van der Waals surface area (Å²) in [5.74, 6) is -1.70. The topological polar surface area (TPSA) is 354 Å². The molecule has 8 rings (SSSR count). The van der Waals surface area contributed by atoms with Gasteiger partial charge in [-0.3, -0.25) is 43.4 Å². The Bertz CT molecular complexity index is 3830. The fourth-order valence-electron chi connectivity index (χ4n) is 16.0. The van der Waals surface area contributed by atoms with Gasteiger partial charge in [0.05, 0.1) is 51.9 Å². The number of carboxylic acids is 2. The highest BCUT2D eigenvalue weighted by molar-refractivity contribution is 5.95. The number of ether oxygens (including phenoxy) is 4. The molecule has 25 nitrogen and oxygen atoms in total. The fourth-order valence-corrected chi connectivity index (χ4v) is 16.0. The minimum absolute atomic E-state index is 0.0257. The fraction of sp³-hybridized carbons (Fsp3) is 0.670. The van der Waals surface area contributed by atoms with Crippen LogP contribution in [0.1, 0.15) is 358 Å². The van der Waals surface area contributed by atoms with Crippen LogP contribution in [-0.2, 0) is 66.9 Å². The number of unbranched alkanes of at least 4 members (excludes halogenated alkanes) is 8. The molecular formula is C106H172N6O19. The number of rotatable bonds is 45. The van der Waals surface area contributed by atoms with Gasteiger partial charge in [0.2, 0.25) is 17.7 Å². The number of amides is 5. The Morgan fingerprint density at radius 3 is 1.11 bits per heavy atom. The molecule has 2 fully saturated rings. The van der Waals surface area contributed by atoms with Crippen LogP contribution in [0.2, 0.25) is 0 Å². The highest BCUT2D eigenvalue weighted by Crippen LogP contribution is 2.47. The number of esters is 2. The summed E-state index contributed by atoms with van der Waals surface area (Å²) in [6, 6.07) is 31.1. The smallest absolute Gasteiger partial charge is 0.410 e. The van der Waals surface area contributed by atoms with Gasteiger partial charge in [0.15, 0.2) is 0 Å². The van der Waals surface area contributed by atoms with E-state index in [0.717, 1.165) is 213 Å². The number of aliphatic hydroxyl groups is 1. The molecule has 2 aliphatic carbocycles. The van der Waals surface area contributed by atoms with E-state index < -0.39 is 58.7 Å². The Kier molecular flexibility index (Phi) is 60.0. The summed E-state index contributed by atoms with van der Waals surface area (Å²) in [6.07, 6.45) is 28.7. The number of aliphatic hydroxyl groups excluding tert-OH is 1. The number of benzene rings is 4. The molecule has 0 saturated carbocycles. The molecule has 0 bridgehead atoms. The Morgan fingerprint density at radius 2 is 0.824 bits per heavy atom. The van der Waals surface area contributed by atoms with Crippen molar-refractivity contribution in [2.24, 2.45) is 40.7 Å². The van der Waals surface area contributed by atoms with Crippen LogP contribution in [0.25, 0.3) is 22.3 Å². The summed E-state index contributed by atoms with van der Waals surface area (Å²) >= 11 is 0. The molecule has 2 saturated heterocycles. The van der Waals surface area contributed by atoms with Crippen molar-refractivity contribution in [3.8, 4) is 22.3 Å². The second-order valence-electron chi connectivity index (χ2n) is 35.9. The molecule has 2 aliphatic heterocycles. The van der Waals surface area contributed by atoms with Gasteiger partial charge in [-0.25, -0.2) is 19.4 Å². The van der Waals surface area contributed by atoms with Crippen molar-refractivity contribution < 1.29 is 91.8 Å². The molecule has 4 aromatic carbocycles. The third-order valence-corrected chi connectivity index (χ3v) is 26.1. The zero-order chi connectivity index (χ0) is 98.9. The molecule has 4 aliphatic rings. The molecule has 0 aromatic heterocycles. The van der Waals surface area contributed by atoms with Crippen molar-refractivity contribution in [1.29, 1.82) is 0 Å². The number of carbonyl (C=O) groups excluding carboxylic acids is 9. The van der Waals surface area contributed by atoms with Crippen LogP contribution in [0.4, 0.5) is 9.59 Å². The number of fused-ring (bicyclic) bond motifs is 6. The van der Waals surface area contributed by atoms with Gasteiger partial charge in [0.25, 0.3) is 0 Å². The quantitative estimate of drug-likeness (QED) is 0.0104. The first kappa shape index (κ1) is 120. The zero-order valence-electron chi connectivity index (χ0n) is 84.3. The van der Waals surface area contributed by atoms with Crippen molar-refractivity contribution in [2.45, 2.75) is 364 Å². The van der Waals surface area contributed by atoms with Gasteiger partial charge in [0.1, 0.15) is 48.4 Å². The van der Waals surface area contributed by atoms with Gasteiger partial charge in [-0.1, -0.05) is 331 Å². The predicted molar refractivity (Wildman–Crippen MR) is 523 cm³/mol. The molecular weight excluding hydrogens is 1660 g/mol. The SMILES string of the molecule is CCCCC(CCCC)(CC[C@@H](C)CC)C(=O)OC.CCCCC(N)(CCCC)C(=O)OC.CCCCC1(CCCC)C(=O)N[C@@H](C(=O)O)CN1C(=O)OCC1c2ccccc2-c2ccccc21.CCCCC1(CCCC)C(=O)N[C@@H](CO)CN1C(=O)OCC1c2ccccc2-c2ccccc21.CC[C@H](C)C(=O)N(C)OC.CC[C@H](C)C(=O)O.CC[C@H](C)C=O.CC[C@H](C)C=O. The molecule has 0 unspecified atom stereocenters. The first-order chi connectivity index (χ1) is 62.6. The van der Waals surface area contributed by atoms with Crippen LogP contribution >= 0.6 is 0 Å². The van der Waals surface area contributed by atoms with Gasteiger partial charge in [-0.15, -0.1) is 0 Å². The van der Waals surface area contributed by atoms with Crippen LogP contribution in [0, 0.1) is 35.0 Å². The second kappa shape index (κ2) is 65.5. The number of aldehydes is 2. The lowest BCUT2D eigenvalue weighted by Gasteiger charge is -2.48. The van der Waals surface area contributed by atoms with E-state index in [9.17, 15) is 63.0 Å². The van der Waals surface area contributed by atoms with E-state index in [1.807, 2.05) is 111 Å². The third-order valence-electron chi connectivity index (χ3n) is 26.1. The molecule has 7 atom stereocenters. The first-order valence-corrected chi connectivity index (χ1v) is 49.2. The van der Waals surface area contributed by atoms with Crippen LogP contribution in [0.3, 0.4) is 0 Å². The van der Waals surface area contributed by atoms with Gasteiger partial charge in [-0.2, -0.15) is 0 Å². The lowest BCUT2D eigenvalue weighted by atomic mass is 9.73. The Morgan fingerprint density at radius 1 is 0.481 bits per heavy atom. The number of hydroxylamine groups is 2. The van der Waals surface area contributed by atoms with Gasteiger partial charge >= 0.3 is 36.1 Å². The number of nitrogens with one attached hydrogen (secondary N) is 2. The first-order valence-electron chi connectivity index (χ1n) is 49.2. The van der Waals surface area contributed by atoms with E-state index in [1.54, 1.807) is 18.9 Å². The van der Waals surface area contributed by atoms with Gasteiger partial charge in [-0.05, 0) is 140 Å². The molecule has 25 heteroatoms. The van der Waals surface area contributed by atoms with E-state index >= 15 is 0 Å². The summed E-state index contributed by atoms with van der Waals surface area (Å²) in [5.41, 5.74) is 12.2. The molecule has 131 heavy (non-hydrogen) atoms. The highest BCUT2D eigenvalue weighted by Gasteiger charge is 2.53. The van der Waals surface area contributed by atoms with Crippen molar-refractivity contribution in [3.63, 3.8) is 0 Å². The maximum absolute atomic E-state index is 13.6. The summed E-state index contributed by atoms with van der Waals surface area (Å²) in [5, 5.41) is 34.4. The molecule has 5 amide bonds. The van der Waals surface area contributed by atoms with Crippen LogP contribution in [0.5, 0.6) is 0 Å². The summed E-state index contributed by atoms with van der Waals surface area (Å²) in [4.78, 5) is 138. The number of hydrogen-bond acceptors (Lipinski definition) is 18. The van der Waals surface area contributed by atoms with E-state index in [-0.39, 0.29) is 97.6 Å². The number of nitrogens with zero attached hydrogens (tertiary/aromatic N) is 3. The van der Waals surface area contributed by atoms with Crippen molar-refractivity contribution in [2.75, 3.05) is 61.3 Å². The Hall–Kier alpha value is -9.07. The number of carboxylic acid groups (broad SMARTS) is 2. The van der Waals surface area contributed by atoms with Crippen molar-refractivity contribution in [3.05, 3.63) is 119 Å². The lowest BCUT2D eigenvalue weighted by Crippen LogP contribution is -2.70. The molecule has 7 N–H and O–H groups in total. The van der Waals surface area contributed by atoms with E-state index in [4.69, 9.17) is 34.6 Å². The molecule has 0 radical (unpaired) electrons. The Labute approximate surface area is 787 Å². The number of aliphatic carboxylic acids is 2. The number of carbonyl (C=O) groups is 11. The maximum Gasteiger partial charge on any atom is 0.410 e. The average Bonchev–Trinajstić information content (AvgIpc) is 1.10. The lowest BCUT2D eigenvalue weighted by molar-refractivity contribution is -0.172. The Balaban J connectivity index is 0.000000820. The second-order valence-corrected chi connectivity index (χ2v) is 35.9. The van der Waals surface area contributed by atoms with Crippen molar-refractivity contribution in [1.82, 2.24) is 25.5 Å². The molecule has 4 aromatic rings. The number of nitrogens with two attached hydrogens (primary N) is 1. The standard InChI is InChI=1S/C28H34N2O5.C28H36N2O4.C17H34O2.C11H23NO2.C7H15NO2.C5H10O2.2C5H10O/c1-3-5-15-28(16-6-4-2)26(33)29-24(25(31)32)17-30(28)27(34)35-18-23-21-13-9-7-11-19(21)20-12-8-10-14-22(20)23;1-3-5-15-28(16-6-4-2)26(32)29-20(18-31)17-30(28)27(33)34-19-25-23-13-9-7-11-21(23)22-12-8-10-14-24(22)25;1-6-9-12-17(13-10-7-2,16(18)19-5)14-11-15(4)8-3;1-4-6-8-11(12,9-7-5-2)10(13)14-3;1-5-6(2)7(9)8(3)10-4;1-3-4(2)5(6)7;2*1-3-5(2)4-6/h7-14,23-24H,3-6,15-18H2,1-2H3,(H,29,33)(H,31,32);7-14,20,25,31H,3-6,15-19H2,1-2H3,(H,29,32);15H,6-14H2,1-5H3;4-9,12H2,1-3H3;6H,5H2,1-4H3;4H,3H2,1-2H3,(H,6,7);2*4-5H,3H2,1-2H3/t24-;20-;15-;;6-;4-;2*5-/m110.0000/s1. The minimum Gasteiger partial charge on any atom is -0.481 e. The third kappa shape index (κ3) is 37.7. The zero-order valence-corrected chi connectivity index (χ0v) is 84.3. The average molecular weight is 1830 g/mol.